The molecule has 0 spiro atoms. The number of carbonyl (C=O) groups excluding carboxylic acids is 1. The highest BCUT2D eigenvalue weighted by atomic mass is 16.4. The molecule has 27 heavy (non-hydrogen) atoms. The van der Waals surface area contributed by atoms with E-state index in [-0.39, 0.29) is 6.54 Å². The van der Waals surface area contributed by atoms with Crippen molar-refractivity contribution in [2.24, 2.45) is 0 Å². The molecule has 0 rings (SSSR count). The summed E-state index contributed by atoms with van der Waals surface area (Å²) in [6, 6.07) is 0. The molecule has 1 amide bonds. The summed E-state index contributed by atoms with van der Waals surface area (Å²) in [5.74, 6) is 10.5. The normalized spacial score (nSPS) is 16.0. The number of hydrogen-bond acceptors (Lipinski definition) is 7. The van der Waals surface area contributed by atoms with Crippen LogP contribution in [0.1, 0.15) is 45.4 Å². The maximum Gasteiger partial charge on any atom is 0.251 e. The molecule has 0 radical (unpaired) electrons. The van der Waals surface area contributed by atoms with E-state index in [1.54, 1.807) is 0 Å². The average Bonchev–Trinajstić information content (AvgIpc) is 2.68. The molecule has 0 aromatic carbocycles. The number of nitrogens with one attached hydrogen (secondary N) is 1. The van der Waals surface area contributed by atoms with Crippen LogP contribution in [0.4, 0.5) is 0 Å². The lowest BCUT2D eigenvalue weighted by molar-refractivity contribution is -0.156. The summed E-state index contributed by atoms with van der Waals surface area (Å²) in [4.78, 5) is 11.7. The smallest absolute Gasteiger partial charge is 0.251 e. The number of carbonyl (C=O) groups is 1. The van der Waals surface area contributed by atoms with Crippen LogP contribution in [0, 0.1) is 23.7 Å². The lowest BCUT2D eigenvalue weighted by Crippen LogP contribution is -2.54. The fourth-order valence-corrected chi connectivity index (χ4v) is 2.01. The van der Waals surface area contributed by atoms with Crippen molar-refractivity contribution >= 4 is 5.91 Å². The zero-order valence-electron chi connectivity index (χ0n) is 15.6. The molecule has 0 aliphatic carbocycles. The summed E-state index contributed by atoms with van der Waals surface area (Å²) in [5.41, 5.74) is 0. The van der Waals surface area contributed by atoms with Gasteiger partial charge in [0.05, 0.1) is 6.61 Å². The Morgan fingerprint density at radius 2 is 1.48 bits per heavy atom. The predicted molar refractivity (Wildman–Crippen MR) is 99.1 cm³/mol. The van der Waals surface area contributed by atoms with Crippen molar-refractivity contribution in [3.63, 3.8) is 0 Å². The first-order valence-electron chi connectivity index (χ1n) is 9.11. The summed E-state index contributed by atoms with van der Waals surface area (Å²) in [6.07, 6.45) is -4.68. The number of aliphatic hydroxyl groups excluding tert-OH is 6. The van der Waals surface area contributed by atoms with Crippen LogP contribution in [0.25, 0.3) is 0 Å². The fourth-order valence-electron chi connectivity index (χ4n) is 2.01. The molecule has 8 nitrogen and oxygen atoms in total. The standard InChI is InChI=1S/C19H31NO7/c1-2-3-4-5-6-7-8-9-10-11-12-20-19(27)18(26)17(25)16(24)15(23)14(22)13-21/h14-18,21-26H,2-4,9-13H2,1H3,(H,20,27)/t14-,15-,16+,17-,18-/m1/s1. The van der Waals surface area contributed by atoms with Gasteiger partial charge in [-0.25, -0.2) is 0 Å². The van der Waals surface area contributed by atoms with E-state index in [9.17, 15) is 30.3 Å². The van der Waals surface area contributed by atoms with Gasteiger partial charge in [0.25, 0.3) is 5.91 Å². The summed E-state index contributed by atoms with van der Waals surface area (Å²) in [7, 11) is 0. The molecular weight excluding hydrogens is 354 g/mol. The van der Waals surface area contributed by atoms with Crippen molar-refractivity contribution < 1.29 is 35.4 Å². The van der Waals surface area contributed by atoms with Crippen LogP contribution in [0.2, 0.25) is 0 Å². The van der Waals surface area contributed by atoms with E-state index < -0.39 is 43.0 Å². The predicted octanol–water partition coefficient (Wildman–Crippen LogP) is -1.73. The molecule has 0 heterocycles. The summed E-state index contributed by atoms with van der Waals surface area (Å²) < 4.78 is 0. The number of amides is 1. The lowest BCUT2D eigenvalue weighted by atomic mass is 9.99. The average molecular weight is 385 g/mol. The Hall–Kier alpha value is -1.65. The quantitative estimate of drug-likeness (QED) is 0.156. The molecule has 0 aromatic heterocycles. The molecule has 8 heteroatoms. The van der Waals surface area contributed by atoms with Gasteiger partial charge in [0.15, 0.2) is 6.10 Å². The van der Waals surface area contributed by atoms with E-state index in [1.165, 1.54) is 0 Å². The van der Waals surface area contributed by atoms with Crippen molar-refractivity contribution in [2.45, 2.75) is 76.0 Å². The first-order chi connectivity index (χ1) is 12.9. The third-order valence-electron chi connectivity index (χ3n) is 3.80. The topological polar surface area (TPSA) is 150 Å². The van der Waals surface area contributed by atoms with Crippen LogP contribution < -0.4 is 5.32 Å². The Morgan fingerprint density at radius 1 is 0.889 bits per heavy atom. The van der Waals surface area contributed by atoms with Crippen LogP contribution in [0.5, 0.6) is 0 Å². The molecule has 0 aromatic rings. The van der Waals surface area contributed by atoms with E-state index in [0.29, 0.717) is 19.3 Å². The van der Waals surface area contributed by atoms with Crippen molar-refractivity contribution in [3.8, 4) is 23.7 Å². The molecule has 0 unspecified atom stereocenters. The molecule has 154 valence electrons. The largest absolute Gasteiger partial charge is 0.394 e. The molecular formula is C19H31NO7. The van der Waals surface area contributed by atoms with E-state index in [2.05, 4.69) is 35.9 Å². The number of aliphatic hydroxyl groups is 6. The van der Waals surface area contributed by atoms with E-state index in [1.807, 2.05) is 0 Å². The molecule has 0 bridgehead atoms. The molecule has 0 saturated heterocycles. The van der Waals surface area contributed by atoms with Crippen molar-refractivity contribution in [1.29, 1.82) is 0 Å². The van der Waals surface area contributed by atoms with Gasteiger partial charge in [0.2, 0.25) is 0 Å². The minimum Gasteiger partial charge on any atom is -0.394 e. The monoisotopic (exact) mass is 385 g/mol. The second-order valence-electron chi connectivity index (χ2n) is 6.12. The van der Waals surface area contributed by atoms with Crippen LogP contribution in [0.15, 0.2) is 0 Å². The van der Waals surface area contributed by atoms with E-state index >= 15 is 0 Å². The highest BCUT2D eigenvalue weighted by molar-refractivity contribution is 5.81. The van der Waals surface area contributed by atoms with Gasteiger partial charge >= 0.3 is 0 Å². The minimum absolute atomic E-state index is 0.240. The van der Waals surface area contributed by atoms with Crippen molar-refractivity contribution in [1.82, 2.24) is 5.32 Å². The Bertz CT molecular complexity index is 532. The first kappa shape index (κ1) is 25.4. The van der Waals surface area contributed by atoms with Gasteiger partial charge in [0, 0.05) is 19.4 Å². The first-order valence-corrected chi connectivity index (χ1v) is 9.11. The third-order valence-corrected chi connectivity index (χ3v) is 3.80. The van der Waals surface area contributed by atoms with Crippen molar-refractivity contribution in [3.05, 3.63) is 0 Å². The van der Waals surface area contributed by atoms with Gasteiger partial charge in [-0.2, -0.15) is 0 Å². The molecule has 7 N–H and O–H groups in total. The maximum atomic E-state index is 11.7. The Balaban J connectivity index is 4.07. The number of unbranched alkanes of at least 4 members (excludes halogenated alkanes) is 4. The van der Waals surface area contributed by atoms with Gasteiger partial charge in [-0.15, -0.1) is 0 Å². The highest BCUT2D eigenvalue weighted by Crippen LogP contribution is 2.09. The molecule has 0 aliphatic heterocycles. The summed E-state index contributed by atoms with van der Waals surface area (Å²) in [5, 5.41) is 58.8. The third kappa shape index (κ3) is 10.9. The summed E-state index contributed by atoms with van der Waals surface area (Å²) in [6.45, 7) is 1.49. The fraction of sp³-hybridized carbons (Fsp3) is 0.737. The van der Waals surface area contributed by atoms with Crippen LogP contribution >= 0.6 is 0 Å². The van der Waals surface area contributed by atoms with E-state index in [4.69, 9.17) is 5.11 Å². The van der Waals surface area contributed by atoms with Crippen LogP contribution in [0.3, 0.4) is 0 Å². The van der Waals surface area contributed by atoms with Gasteiger partial charge < -0.3 is 36.0 Å². The Labute approximate surface area is 160 Å². The molecule has 5 atom stereocenters. The van der Waals surface area contributed by atoms with Crippen LogP contribution in [-0.4, -0.2) is 80.2 Å². The second kappa shape index (κ2) is 15.4. The van der Waals surface area contributed by atoms with Gasteiger partial charge in [-0.3, -0.25) is 4.79 Å². The SMILES string of the molecule is CCCCC#CC#CCCCCNC(=O)[C@H](O)[C@H](O)[C@@H](O)[C@H](O)[C@H](O)CO. The van der Waals surface area contributed by atoms with Gasteiger partial charge in [-0.1, -0.05) is 25.2 Å². The second-order valence-corrected chi connectivity index (χ2v) is 6.12. The van der Waals surface area contributed by atoms with Gasteiger partial charge in [-0.05, 0) is 31.1 Å². The Kier molecular flexibility index (Phi) is 14.5. The van der Waals surface area contributed by atoms with Crippen LogP contribution in [-0.2, 0) is 4.79 Å². The number of rotatable bonds is 12. The molecule has 0 aliphatic rings. The minimum atomic E-state index is -2.02. The number of hydrogen-bond donors (Lipinski definition) is 7. The highest BCUT2D eigenvalue weighted by Gasteiger charge is 2.36. The maximum absolute atomic E-state index is 11.7. The zero-order chi connectivity index (χ0) is 20.7. The summed E-state index contributed by atoms with van der Waals surface area (Å²) >= 11 is 0. The lowest BCUT2D eigenvalue weighted by Gasteiger charge is -2.27. The zero-order valence-corrected chi connectivity index (χ0v) is 15.6. The Morgan fingerprint density at radius 3 is 2.04 bits per heavy atom. The van der Waals surface area contributed by atoms with E-state index in [0.717, 1.165) is 19.3 Å². The molecule has 0 fully saturated rings. The van der Waals surface area contributed by atoms with Crippen molar-refractivity contribution in [2.75, 3.05) is 13.2 Å². The van der Waals surface area contributed by atoms with Gasteiger partial charge in [0.1, 0.15) is 24.4 Å². The molecule has 0 saturated carbocycles.